The van der Waals surface area contributed by atoms with Gasteiger partial charge in [-0.05, 0) is 31.9 Å². The molecule has 24 heavy (non-hydrogen) atoms. The van der Waals surface area contributed by atoms with Gasteiger partial charge in [-0.3, -0.25) is 24.1 Å². The summed E-state index contributed by atoms with van der Waals surface area (Å²) in [6, 6.07) is 3.50. The van der Waals surface area contributed by atoms with Gasteiger partial charge in [-0.2, -0.15) is 0 Å². The lowest BCUT2D eigenvalue weighted by molar-refractivity contribution is -0.152. The molecular formula is C17H17NO5S. The second kappa shape index (κ2) is 6.68. The predicted molar refractivity (Wildman–Crippen MR) is 86.4 cm³/mol. The van der Waals surface area contributed by atoms with E-state index in [1.807, 2.05) is 25.1 Å². The Labute approximate surface area is 143 Å². The molecule has 1 aromatic rings. The van der Waals surface area contributed by atoms with Crippen molar-refractivity contribution in [3.8, 4) is 0 Å². The number of rotatable bonds is 5. The number of esters is 1. The number of likely N-dealkylation sites (tertiary alicyclic amines) is 1. The molecule has 3 rings (SSSR count). The van der Waals surface area contributed by atoms with E-state index in [0.717, 1.165) is 9.78 Å². The number of imide groups is 1. The molecule has 0 bridgehead atoms. The Hall–Kier alpha value is -2.28. The molecule has 1 saturated heterocycles. The first-order chi connectivity index (χ1) is 11.5. The van der Waals surface area contributed by atoms with E-state index in [1.54, 1.807) is 6.07 Å². The van der Waals surface area contributed by atoms with Crippen LogP contribution in [0.3, 0.4) is 0 Å². The average Bonchev–Trinajstić information content (AvgIpc) is 3.11. The van der Waals surface area contributed by atoms with Crippen molar-refractivity contribution >= 4 is 34.9 Å². The molecule has 6 nitrogen and oxygen atoms in total. The lowest BCUT2D eigenvalue weighted by atomic mass is 9.85. The molecule has 2 atom stereocenters. The standard InChI is InChI=1S/C17H17NO5S/c1-10-6-7-14(24-10)13(19)9-23-15(20)8-18-16(21)11-4-2-3-5-12(11)17(18)22/h2-3,6-7,11-12H,4-5,8-9H2,1H3/t11-,12+. The third-order valence-corrected chi connectivity index (χ3v) is 5.31. The summed E-state index contributed by atoms with van der Waals surface area (Å²) in [5.74, 6) is -2.43. The largest absolute Gasteiger partial charge is 0.456 e. The van der Waals surface area contributed by atoms with Crippen LogP contribution in [0.5, 0.6) is 0 Å². The maximum absolute atomic E-state index is 12.2. The Bertz CT molecular complexity index is 709. The molecule has 0 aromatic carbocycles. The number of ether oxygens (including phenoxy) is 1. The third kappa shape index (κ3) is 3.17. The van der Waals surface area contributed by atoms with Gasteiger partial charge < -0.3 is 4.74 Å². The zero-order chi connectivity index (χ0) is 17.3. The molecular weight excluding hydrogens is 330 g/mol. The molecule has 0 unspecified atom stereocenters. The van der Waals surface area contributed by atoms with Crippen LogP contribution in [0.25, 0.3) is 0 Å². The average molecular weight is 347 g/mol. The Morgan fingerprint density at radius 1 is 1.17 bits per heavy atom. The minimum absolute atomic E-state index is 0.293. The van der Waals surface area contributed by atoms with Crippen molar-refractivity contribution in [2.24, 2.45) is 11.8 Å². The van der Waals surface area contributed by atoms with Crippen molar-refractivity contribution in [3.63, 3.8) is 0 Å². The molecule has 2 aliphatic rings. The van der Waals surface area contributed by atoms with Crippen LogP contribution in [0.1, 0.15) is 27.4 Å². The fraction of sp³-hybridized carbons (Fsp3) is 0.412. The van der Waals surface area contributed by atoms with E-state index in [2.05, 4.69) is 0 Å². The van der Waals surface area contributed by atoms with Crippen LogP contribution in [0.4, 0.5) is 0 Å². The van der Waals surface area contributed by atoms with E-state index in [1.165, 1.54) is 11.3 Å². The maximum atomic E-state index is 12.2. The van der Waals surface area contributed by atoms with Gasteiger partial charge in [0.25, 0.3) is 0 Å². The van der Waals surface area contributed by atoms with E-state index in [4.69, 9.17) is 4.74 Å². The van der Waals surface area contributed by atoms with Crippen LogP contribution in [0.15, 0.2) is 24.3 Å². The SMILES string of the molecule is Cc1ccc(C(=O)COC(=O)CN2C(=O)[C@H]3CC=CC[C@H]3C2=O)s1. The van der Waals surface area contributed by atoms with Gasteiger partial charge in [0.2, 0.25) is 17.6 Å². The minimum Gasteiger partial charge on any atom is -0.456 e. The first kappa shape index (κ1) is 16.6. The quantitative estimate of drug-likeness (QED) is 0.351. The summed E-state index contributed by atoms with van der Waals surface area (Å²) < 4.78 is 4.94. The van der Waals surface area contributed by atoms with Crippen LogP contribution in [0, 0.1) is 18.8 Å². The normalized spacial score (nSPS) is 22.6. The van der Waals surface area contributed by atoms with Gasteiger partial charge in [0.05, 0.1) is 16.7 Å². The second-order valence-corrected chi connectivity index (χ2v) is 7.20. The van der Waals surface area contributed by atoms with Crippen LogP contribution >= 0.6 is 11.3 Å². The number of nitrogens with zero attached hydrogens (tertiary/aromatic N) is 1. The number of fused-ring (bicyclic) bond motifs is 1. The van der Waals surface area contributed by atoms with Crippen molar-refractivity contribution in [1.82, 2.24) is 4.90 Å². The highest BCUT2D eigenvalue weighted by Crippen LogP contribution is 2.34. The summed E-state index contributed by atoms with van der Waals surface area (Å²) in [6.07, 6.45) is 4.82. The monoisotopic (exact) mass is 347 g/mol. The van der Waals surface area contributed by atoms with Gasteiger partial charge >= 0.3 is 5.97 Å². The number of amides is 2. The highest BCUT2D eigenvalue weighted by Gasteiger charge is 2.47. The van der Waals surface area contributed by atoms with Crippen molar-refractivity contribution < 1.29 is 23.9 Å². The topological polar surface area (TPSA) is 80.8 Å². The van der Waals surface area contributed by atoms with Crippen molar-refractivity contribution in [1.29, 1.82) is 0 Å². The van der Waals surface area contributed by atoms with Gasteiger partial charge in [-0.15, -0.1) is 11.3 Å². The number of carbonyl (C=O) groups excluding carboxylic acids is 4. The van der Waals surface area contributed by atoms with Crippen LogP contribution in [-0.4, -0.2) is 41.6 Å². The Kier molecular flexibility index (Phi) is 4.62. The maximum Gasteiger partial charge on any atom is 0.326 e. The van der Waals surface area contributed by atoms with Crippen LogP contribution < -0.4 is 0 Å². The third-order valence-electron chi connectivity index (χ3n) is 4.27. The predicted octanol–water partition coefficient (Wildman–Crippen LogP) is 1.73. The summed E-state index contributed by atoms with van der Waals surface area (Å²) in [7, 11) is 0. The first-order valence-electron chi connectivity index (χ1n) is 7.73. The molecule has 1 aromatic heterocycles. The van der Waals surface area contributed by atoms with Gasteiger partial charge in [0.1, 0.15) is 6.54 Å². The molecule has 2 amide bonds. The minimum atomic E-state index is -0.745. The molecule has 0 N–H and O–H groups in total. The second-order valence-electron chi connectivity index (χ2n) is 5.91. The highest BCUT2D eigenvalue weighted by molar-refractivity contribution is 7.14. The number of ketones is 1. The fourth-order valence-corrected chi connectivity index (χ4v) is 3.79. The van der Waals surface area contributed by atoms with Crippen molar-refractivity contribution in [2.45, 2.75) is 19.8 Å². The molecule has 126 valence electrons. The molecule has 0 radical (unpaired) electrons. The Morgan fingerprint density at radius 3 is 2.33 bits per heavy atom. The van der Waals surface area contributed by atoms with Gasteiger partial charge in [0.15, 0.2) is 6.61 Å². The number of thiophene rings is 1. The van der Waals surface area contributed by atoms with Crippen molar-refractivity contribution in [2.75, 3.05) is 13.2 Å². The zero-order valence-electron chi connectivity index (χ0n) is 13.2. The summed E-state index contributed by atoms with van der Waals surface area (Å²) in [4.78, 5) is 50.8. The molecule has 7 heteroatoms. The number of hydrogen-bond acceptors (Lipinski definition) is 6. The van der Waals surface area contributed by atoms with E-state index in [-0.39, 0.29) is 36.0 Å². The summed E-state index contributed by atoms with van der Waals surface area (Å²) in [5, 5.41) is 0. The number of allylic oxidation sites excluding steroid dienone is 2. The fourth-order valence-electron chi connectivity index (χ4n) is 3.00. The Balaban J connectivity index is 1.54. The van der Waals surface area contributed by atoms with Gasteiger partial charge in [0, 0.05) is 4.88 Å². The molecule has 2 heterocycles. The smallest absolute Gasteiger partial charge is 0.326 e. The molecule has 1 fully saturated rings. The number of hydrogen-bond donors (Lipinski definition) is 0. The number of Topliss-reactive ketones (excluding diaryl/α,β-unsaturated/α-hetero) is 1. The highest BCUT2D eigenvalue weighted by atomic mass is 32.1. The summed E-state index contributed by atoms with van der Waals surface area (Å²) in [6.45, 7) is 1.07. The van der Waals surface area contributed by atoms with E-state index in [0.29, 0.717) is 17.7 Å². The number of carbonyl (C=O) groups is 4. The molecule has 1 aliphatic heterocycles. The summed E-state index contributed by atoms with van der Waals surface area (Å²) in [5.41, 5.74) is 0. The zero-order valence-corrected chi connectivity index (χ0v) is 14.0. The van der Waals surface area contributed by atoms with E-state index < -0.39 is 12.5 Å². The van der Waals surface area contributed by atoms with Crippen LogP contribution in [0.2, 0.25) is 0 Å². The molecule has 1 aliphatic carbocycles. The first-order valence-corrected chi connectivity index (χ1v) is 8.54. The van der Waals surface area contributed by atoms with Gasteiger partial charge in [-0.25, -0.2) is 0 Å². The lowest BCUT2D eigenvalue weighted by Crippen LogP contribution is -2.37. The van der Waals surface area contributed by atoms with Gasteiger partial charge in [-0.1, -0.05) is 12.2 Å². The van der Waals surface area contributed by atoms with E-state index >= 15 is 0 Å². The lowest BCUT2D eigenvalue weighted by Gasteiger charge is -2.14. The summed E-state index contributed by atoms with van der Waals surface area (Å²) >= 11 is 1.33. The Morgan fingerprint density at radius 2 is 1.79 bits per heavy atom. The van der Waals surface area contributed by atoms with Crippen molar-refractivity contribution in [3.05, 3.63) is 34.0 Å². The van der Waals surface area contributed by atoms with E-state index in [9.17, 15) is 19.2 Å². The molecule has 0 spiro atoms. The van der Waals surface area contributed by atoms with Crippen LogP contribution in [-0.2, 0) is 19.1 Å². The number of aryl methyl sites for hydroxylation is 1. The molecule has 0 saturated carbocycles.